The molecule has 1 aromatic rings. The first-order valence-electron chi connectivity index (χ1n) is 5.71. The molecule has 0 fully saturated rings. The molecule has 0 bridgehead atoms. The molecule has 0 heterocycles. The van der Waals surface area contributed by atoms with Crippen LogP contribution < -0.4 is 0 Å². The van der Waals surface area contributed by atoms with E-state index in [1.165, 1.54) is 6.07 Å². The minimum Gasteiger partial charge on any atom is -0.478 e. The number of hydrogen-bond donors (Lipinski definition) is 1. The van der Waals surface area contributed by atoms with Crippen LogP contribution in [0.15, 0.2) is 17.0 Å². The zero-order valence-corrected chi connectivity index (χ0v) is 12.8. The number of carbonyl (C=O) groups is 1. The molecule has 106 valence electrons. The molecule has 1 N–H and O–H groups in total. The summed E-state index contributed by atoms with van der Waals surface area (Å²) in [5.74, 6) is -1.31. The lowest BCUT2D eigenvalue weighted by atomic mass is 10.2. The largest absolute Gasteiger partial charge is 0.478 e. The average Bonchev–Trinajstić information content (AvgIpc) is 2.32. The maximum Gasteiger partial charge on any atom is 0.337 e. The van der Waals surface area contributed by atoms with Crippen molar-refractivity contribution in [1.29, 1.82) is 0 Å². The summed E-state index contributed by atoms with van der Waals surface area (Å²) in [6.07, 6.45) is 0.841. The lowest BCUT2D eigenvalue weighted by Gasteiger charge is -2.16. The number of rotatable bonds is 5. The highest BCUT2D eigenvalue weighted by atomic mass is 35.5. The van der Waals surface area contributed by atoms with E-state index in [0.717, 1.165) is 6.07 Å². The van der Waals surface area contributed by atoms with E-state index < -0.39 is 21.1 Å². The van der Waals surface area contributed by atoms with Crippen molar-refractivity contribution in [3.63, 3.8) is 0 Å². The van der Waals surface area contributed by atoms with Crippen molar-refractivity contribution in [2.75, 3.05) is 0 Å². The molecule has 0 radical (unpaired) electrons. The predicted molar refractivity (Wildman–Crippen MR) is 75.0 cm³/mol. The maximum absolute atomic E-state index is 12.4. The van der Waals surface area contributed by atoms with Crippen molar-refractivity contribution in [3.05, 3.63) is 27.7 Å². The predicted octanol–water partition coefficient (Wildman–Crippen LogP) is 3.65. The van der Waals surface area contributed by atoms with E-state index in [-0.39, 0.29) is 20.5 Å². The third-order valence-electron chi connectivity index (χ3n) is 2.89. The minimum atomic E-state index is -3.69. The maximum atomic E-state index is 12.4. The summed E-state index contributed by atoms with van der Waals surface area (Å²) in [5, 5.41) is 8.13. The standard InChI is InChI=1S/C12H14Cl2O4S/c1-3-8(4-2)19(17,18)10-6-7(13)5-9(11(10)14)12(15)16/h5-6,8H,3-4H2,1-2H3,(H,15,16). The van der Waals surface area contributed by atoms with Gasteiger partial charge in [-0.15, -0.1) is 0 Å². The van der Waals surface area contributed by atoms with Crippen molar-refractivity contribution in [1.82, 2.24) is 0 Å². The van der Waals surface area contributed by atoms with Gasteiger partial charge in [-0.25, -0.2) is 13.2 Å². The summed E-state index contributed by atoms with van der Waals surface area (Å²) in [5.41, 5.74) is -0.307. The van der Waals surface area contributed by atoms with Crippen LogP contribution in [0.3, 0.4) is 0 Å². The van der Waals surface area contributed by atoms with Gasteiger partial charge in [0.1, 0.15) is 0 Å². The number of benzene rings is 1. The summed E-state index contributed by atoms with van der Waals surface area (Å²) in [6.45, 7) is 3.50. The Balaban J connectivity index is 3.55. The number of carboxylic acids is 1. The molecule has 0 saturated heterocycles. The third kappa shape index (κ3) is 3.22. The van der Waals surface area contributed by atoms with Crippen molar-refractivity contribution in [2.24, 2.45) is 0 Å². The van der Waals surface area contributed by atoms with Crippen LogP contribution >= 0.6 is 23.2 Å². The Hall–Kier alpha value is -0.780. The van der Waals surface area contributed by atoms with Gasteiger partial charge in [-0.3, -0.25) is 0 Å². The van der Waals surface area contributed by atoms with Crippen LogP contribution in [-0.4, -0.2) is 24.7 Å². The number of halogens is 2. The Morgan fingerprint density at radius 3 is 2.21 bits per heavy atom. The van der Waals surface area contributed by atoms with Gasteiger partial charge in [-0.2, -0.15) is 0 Å². The van der Waals surface area contributed by atoms with E-state index in [9.17, 15) is 13.2 Å². The summed E-state index contributed by atoms with van der Waals surface area (Å²) >= 11 is 11.7. The number of hydrogen-bond acceptors (Lipinski definition) is 3. The number of sulfone groups is 1. The van der Waals surface area contributed by atoms with Gasteiger partial charge in [0.25, 0.3) is 0 Å². The number of carboxylic acid groups (broad SMARTS) is 1. The van der Waals surface area contributed by atoms with Crippen molar-refractivity contribution in [3.8, 4) is 0 Å². The fourth-order valence-electron chi connectivity index (χ4n) is 1.83. The summed E-state index contributed by atoms with van der Waals surface area (Å²) < 4.78 is 24.8. The second kappa shape index (κ2) is 6.11. The first-order valence-corrected chi connectivity index (χ1v) is 8.02. The Bertz CT molecular complexity index is 592. The van der Waals surface area contributed by atoms with Crippen molar-refractivity contribution >= 4 is 39.0 Å². The van der Waals surface area contributed by atoms with E-state index in [0.29, 0.717) is 12.8 Å². The molecule has 19 heavy (non-hydrogen) atoms. The first kappa shape index (κ1) is 16.3. The fraction of sp³-hybridized carbons (Fsp3) is 0.417. The highest BCUT2D eigenvalue weighted by Crippen LogP contribution is 2.33. The zero-order chi connectivity index (χ0) is 14.8. The van der Waals surface area contributed by atoms with Gasteiger partial charge in [0.05, 0.1) is 20.7 Å². The molecule has 0 aliphatic rings. The minimum absolute atomic E-state index is 0.0336. The topological polar surface area (TPSA) is 71.4 Å². The molecule has 1 rings (SSSR count). The molecule has 0 aliphatic carbocycles. The SMILES string of the molecule is CCC(CC)S(=O)(=O)c1cc(Cl)cc(C(=O)O)c1Cl. The van der Waals surface area contributed by atoms with Gasteiger partial charge in [-0.1, -0.05) is 37.0 Å². The monoisotopic (exact) mass is 324 g/mol. The first-order chi connectivity index (χ1) is 8.75. The van der Waals surface area contributed by atoms with Crippen LogP contribution in [0.2, 0.25) is 10.0 Å². The van der Waals surface area contributed by atoms with Crippen LogP contribution in [0.4, 0.5) is 0 Å². The lowest BCUT2D eigenvalue weighted by Crippen LogP contribution is -2.20. The molecule has 1 aromatic carbocycles. The second-order valence-electron chi connectivity index (χ2n) is 4.05. The molecular formula is C12H14Cl2O4S. The van der Waals surface area contributed by atoms with E-state index in [1.807, 2.05) is 0 Å². The van der Waals surface area contributed by atoms with E-state index in [1.54, 1.807) is 13.8 Å². The third-order valence-corrected chi connectivity index (χ3v) is 6.11. The molecule has 0 amide bonds. The van der Waals surface area contributed by atoms with Crippen LogP contribution in [0.5, 0.6) is 0 Å². The van der Waals surface area contributed by atoms with Crippen LogP contribution in [0.25, 0.3) is 0 Å². The Morgan fingerprint density at radius 2 is 1.79 bits per heavy atom. The highest BCUT2D eigenvalue weighted by molar-refractivity contribution is 7.92. The molecule has 0 aliphatic heterocycles. The van der Waals surface area contributed by atoms with Crippen LogP contribution in [0.1, 0.15) is 37.0 Å². The molecular weight excluding hydrogens is 311 g/mol. The average molecular weight is 325 g/mol. The van der Waals surface area contributed by atoms with Gasteiger partial charge in [0, 0.05) is 5.02 Å². The Kier molecular flexibility index (Phi) is 5.24. The molecule has 0 spiro atoms. The second-order valence-corrected chi connectivity index (χ2v) is 7.07. The van der Waals surface area contributed by atoms with E-state index in [4.69, 9.17) is 28.3 Å². The fourth-order valence-corrected chi connectivity index (χ4v) is 4.52. The zero-order valence-electron chi connectivity index (χ0n) is 10.5. The van der Waals surface area contributed by atoms with Crippen molar-refractivity contribution in [2.45, 2.75) is 36.8 Å². The highest BCUT2D eigenvalue weighted by Gasteiger charge is 2.29. The molecule has 4 nitrogen and oxygen atoms in total. The number of aromatic carboxylic acids is 1. The summed E-state index contributed by atoms with van der Waals surface area (Å²) in [6, 6.07) is 2.34. The Labute approximate surface area is 122 Å². The van der Waals surface area contributed by atoms with Gasteiger partial charge in [0.15, 0.2) is 9.84 Å². The van der Waals surface area contributed by atoms with Crippen LogP contribution in [0, 0.1) is 0 Å². The quantitative estimate of drug-likeness (QED) is 0.897. The molecule has 7 heteroatoms. The van der Waals surface area contributed by atoms with Gasteiger partial charge in [-0.05, 0) is 25.0 Å². The normalized spacial score (nSPS) is 11.8. The van der Waals surface area contributed by atoms with E-state index >= 15 is 0 Å². The summed E-state index contributed by atoms with van der Waals surface area (Å²) in [7, 11) is -3.69. The molecule has 0 aromatic heterocycles. The van der Waals surface area contributed by atoms with Crippen LogP contribution in [-0.2, 0) is 9.84 Å². The smallest absolute Gasteiger partial charge is 0.337 e. The summed E-state index contributed by atoms with van der Waals surface area (Å²) in [4.78, 5) is 10.8. The van der Waals surface area contributed by atoms with Crippen molar-refractivity contribution < 1.29 is 18.3 Å². The van der Waals surface area contributed by atoms with Gasteiger partial charge < -0.3 is 5.11 Å². The van der Waals surface area contributed by atoms with Gasteiger partial charge in [0.2, 0.25) is 0 Å². The van der Waals surface area contributed by atoms with E-state index in [2.05, 4.69) is 0 Å². The molecule has 0 unspecified atom stereocenters. The Morgan fingerprint density at radius 1 is 1.26 bits per heavy atom. The molecule has 0 saturated carbocycles. The molecule has 0 atom stereocenters. The van der Waals surface area contributed by atoms with Gasteiger partial charge >= 0.3 is 5.97 Å². The lowest BCUT2D eigenvalue weighted by molar-refractivity contribution is 0.0697.